The molecule has 0 spiro atoms. The fourth-order valence-electron chi connectivity index (χ4n) is 5.10. The van der Waals surface area contributed by atoms with Gasteiger partial charge in [0.15, 0.2) is 5.82 Å². The van der Waals surface area contributed by atoms with Crippen LogP contribution in [-0.2, 0) is 27.2 Å². The summed E-state index contributed by atoms with van der Waals surface area (Å²) < 4.78 is 62.4. The van der Waals surface area contributed by atoms with Crippen molar-refractivity contribution in [3.05, 3.63) is 97.8 Å². The molecule has 0 saturated heterocycles. The lowest BCUT2D eigenvalue weighted by Crippen LogP contribution is -2.42. The van der Waals surface area contributed by atoms with Crippen LogP contribution in [0.1, 0.15) is 58.4 Å². The van der Waals surface area contributed by atoms with E-state index in [1.54, 1.807) is 19.1 Å². The number of oxime groups is 1. The van der Waals surface area contributed by atoms with Crippen LogP contribution in [0, 0.1) is 12.7 Å². The van der Waals surface area contributed by atoms with Gasteiger partial charge in [-0.05, 0) is 72.8 Å². The SMILES string of the molecule is Cc1cc(C2=NOC(c3cc(Cl)c(F)c(Cl)c3)(C(F)(F)F)C2)ccc1C(=O)NCc1ccc2c(c1)B(O)OC2(C)C. The van der Waals surface area contributed by atoms with Gasteiger partial charge in [0.25, 0.3) is 11.5 Å². The minimum absolute atomic E-state index is 0.0178. The van der Waals surface area contributed by atoms with E-state index in [1.807, 2.05) is 26.0 Å². The molecule has 1 unspecified atom stereocenters. The van der Waals surface area contributed by atoms with Gasteiger partial charge in [0.05, 0.1) is 21.4 Å². The van der Waals surface area contributed by atoms with Gasteiger partial charge in [-0.1, -0.05) is 52.6 Å². The van der Waals surface area contributed by atoms with Crippen LogP contribution >= 0.6 is 23.2 Å². The summed E-state index contributed by atoms with van der Waals surface area (Å²) in [5.41, 5.74) is -0.642. The van der Waals surface area contributed by atoms with Crippen molar-refractivity contribution >= 4 is 47.4 Å². The number of carbonyl (C=O) groups excluding carboxylic acids is 1. The molecule has 13 heteroatoms. The van der Waals surface area contributed by atoms with E-state index < -0.39 is 58.3 Å². The lowest BCUT2D eigenvalue weighted by molar-refractivity contribution is -0.275. The topological polar surface area (TPSA) is 80.2 Å². The molecule has 41 heavy (non-hydrogen) atoms. The fraction of sp³-hybridized carbons (Fsp3) is 0.286. The highest BCUT2D eigenvalue weighted by Gasteiger charge is 2.62. The van der Waals surface area contributed by atoms with E-state index in [0.717, 1.165) is 23.3 Å². The molecule has 2 heterocycles. The summed E-state index contributed by atoms with van der Waals surface area (Å²) in [5.74, 6) is -1.43. The number of benzene rings is 3. The van der Waals surface area contributed by atoms with Crippen LogP contribution in [0.4, 0.5) is 17.6 Å². The molecule has 0 radical (unpaired) electrons. The zero-order chi connectivity index (χ0) is 29.9. The number of carbonyl (C=O) groups is 1. The summed E-state index contributed by atoms with van der Waals surface area (Å²) in [6, 6.07) is 11.6. The molecule has 0 saturated carbocycles. The van der Waals surface area contributed by atoms with E-state index in [0.29, 0.717) is 22.2 Å². The number of amides is 1. The number of aryl methyl sites for hydroxylation is 1. The van der Waals surface area contributed by atoms with Crippen molar-refractivity contribution < 1.29 is 36.9 Å². The van der Waals surface area contributed by atoms with Crippen LogP contribution in [0.15, 0.2) is 53.7 Å². The molecule has 0 aromatic heterocycles. The van der Waals surface area contributed by atoms with Gasteiger partial charge in [0.1, 0.15) is 0 Å². The zero-order valence-electron chi connectivity index (χ0n) is 22.0. The molecule has 0 bridgehead atoms. The molecule has 0 aliphatic carbocycles. The summed E-state index contributed by atoms with van der Waals surface area (Å²) in [6.45, 7) is 5.54. The number of halogens is 6. The van der Waals surface area contributed by atoms with Crippen molar-refractivity contribution in [3.8, 4) is 0 Å². The molecule has 2 aliphatic heterocycles. The molecule has 5 rings (SSSR count). The van der Waals surface area contributed by atoms with Gasteiger partial charge < -0.3 is 19.8 Å². The summed E-state index contributed by atoms with van der Waals surface area (Å²) in [6.07, 6.45) is -5.66. The number of hydrogen-bond donors (Lipinski definition) is 2. The largest absolute Gasteiger partial charge is 0.492 e. The van der Waals surface area contributed by atoms with Crippen LogP contribution in [-0.4, -0.2) is 29.9 Å². The Balaban J connectivity index is 1.32. The first-order valence-electron chi connectivity index (χ1n) is 12.5. The van der Waals surface area contributed by atoms with Gasteiger partial charge >= 0.3 is 13.3 Å². The summed E-state index contributed by atoms with van der Waals surface area (Å²) in [5, 5.41) is 15.6. The summed E-state index contributed by atoms with van der Waals surface area (Å²) >= 11 is 11.5. The molecule has 1 amide bonds. The van der Waals surface area contributed by atoms with E-state index in [1.165, 1.54) is 12.1 Å². The first-order valence-corrected chi connectivity index (χ1v) is 13.2. The van der Waals surface area contributed by atoms with Crippen molar-refractivity contribution in [1.82, 2.24) is 5.32 Å². The molecule has 0 fully saturated rings. The Morgan fingerprint density at radius 2 is 1.80 bits per heavy atom. The number of nitrogens with zero attached hydrogens (tertiary/aromatic N) is 1. The molecule has 2 N–H and O–H groups in total. The van der Waals surface area contributed by atoms with Gasteiger partial charge in [-0.2, -0.15) is 13.2 Å². The van der Waals surface area contributed by atoms with E-state index >= 15 is 0 Å². The lowest BCUT2D eigenvalue weighted by Gasteiger charge is -2.29. The van der Waals surface area contributed by atoms with Crippen molar-refractivity contribution in [2.24, 2.45) is 5.16 Å². The fourth-order valence-corrected chi connectivity index (χ4v) is 5.59. The predicted molar refractivity (Wildman–Crippen MR) is 147 cm³/mol. The highest BCUT2D eigenvalue weighted by molar-refractivity contribution is 6.62. The number of hydrogen-bond acceptors (Lipinski definition) is 5. The van der Waals surface area contributed by atoms with Gasteiger partial charge in [-0.3, -0.25) is 4.79 Å². The first-order chi connectivity index (χ1) is 19.1. The van der Waals surface area contributed by atoms with Crippen molar-refractivity contribution in [3.63, 3.8) is 0 Å². The second kappa shape index (κ2) is 10.3. The Hall–Kier alpha value is -3.12. The smallest absolute Gasteiger partial charge is 0.423 e. The van der Waals surface area contributed by atoms with Crippen LogP contribution in [0.5, 0.6) is 0 Å². The van der Waals surface area contributed by atoms with Crippen molar-refractivity contribution in [2.45, 2.75) is 51.1 Å². The normalized spacial score (nSPS) is 19.6. The maximum absolute atomic E-state index is 14.3. The van der Waals surface area contributed by atoms with Gasteiger partial charge in [0, 0.05) is 24.1 Å². The molecular formula is C28H23BCl2F4N2O4. The van der Waals surface area contributed by atoms with Crippen LogP contribution in [0.25, 0.3) is 0 Å². The third-order valence-electron chi connectivity index (χ3n) is 7.33. The van der Waals surface area contributed by atoms with E-state index in [2.05, 4.69) is 10.5 Å². The monoisotopic (exact) mass is 608 g/mol. The average Bonchev–Trinajstić information content (AvgIpc) is 3.45. The van der Waals surface area contributed by atoms with E-state index in [-0.39, 0.29) is 12.3 Å². The highest BCUT2D eigenvalue weighted by atomic mass is 35.5. The van der Waals surface area contributed by atoms with E-state index in [4.69, 9.17) is 32.7 Å². The molecule has 2 aliphatic rings. The Kier molecular flexibility index (Phi) is 7.39. The first kappa shape index (κ1) is 29.4. The number of rotatable bonds is 5. The Morgan fingerprint density at radius 1 is 1.12 bits per heavy atom. The summed E-state index contributed by atoms with van der Waals surface area (Å²) in [7, 11) is -1.05. The Labute approximate surface area is 243 Å². The lowest BCUT2D eigenvalue weighted by atomic mass is 9.77. The predicted octanol–water partition coefficient (Wildman–Crippen LogP) is 5.91. The molecule has 214 valence electrons. The standard InChI is InChI=1S/C28H23BCl2F4N2O4/c1-14-8-16(23-12-27(41-37-23,28(33,34)35)17-10-21(30)24(32)22(31)11-17)5-6-18(14)25(38)36-13-15-4-7-19-20(9-15)29(39)40-26(19,2)3/h4-11,39H,12-13H2,1-3H3,(H,36,38). The Bertz CT molecular complexity index is 1570. The number of fused-ring (bicyclic) bond motifs is 1. The third kappa shape index (κ3) is 5.20. The number of nitrogens with one attached hydrogen (secondary N) is 1. The quantitative estimate of drug-likeness (QED) is 0.215. The molecule has 6 nitrogen and oxygen atoms in total. The maximum Gasteiger partial charge on any atom is 0.492 e. The van der Waals surface area contributed by atoms with Crippen molar-refractivity contribution in [2.75, 3.05) is 0 Å². The van der Waals surface area contributed by atoms with Gasteiger partial charge in [0.2, 0.25) is 0 Å². The van der Waals surface area contributed by atoms with E-state index in [9.17, 15) is 27.4 Å². The van der Waals surface area contributed by atoms with Gasteiger partial charge in [-0.25, -0.2) is 4.39 Å². The van der Waals surface area contributed by atoms with Crippen molar-refractivity contribution in [1.29, 1.82) is 0 Å². The maximum atomic E-state index is 14.3. The minimum Gasteiger partial charge on any atom is -0.423 e. The van der Waals surface area contributed by atoms with Crippen LogP contribution in [0.2, 0.25) is 10.0 Å². The summed E-state index contributed by atoms with van der Waals surface area (Å²) in [4.78, 5) is 17.9. The molecule has 1 atom stereocenters. The van der Waals surface area contributed by atoms with Gasteiger partial charge in [-0.15, -0.1) is 0 Å². The molecular weight excluding hydrogens is 586 g/mol. The zero-order valence-corrected chi connectivity index (χ0v) is 23.5. The van der Waals surface area contributed by atoms with Crippen LogP contribution in [0.3, 0.4) is 0 Å². The molecule has 3 aromatic carbocycles. The highest BCUT2D eigenvalue weighted by Crippen LogP contribution is 2.50. The number of alkyl halides is 3. The third-order valence-corrected chi connectivity index (χ3v) is 7.88. The average molecular weight is 609 g/mol. The second-order valence-corrected chi connectivity index (χ2v) is 11.3. The minimum atomic E-state index is -4.94. The Morgan fingerprint density at radius 3 is 2.44 bits per heavy atom. The molecule has 3 aromatic rings. The second-order valence-electron chi connectivity index (χ2n) is 10.5. The van der Waals surface area contributed by atoms with Crippen LogP contribution < -0.4 is 10.8 Å².